The lowest BCUT2D eigenvalue weighted by molar-refractivity contribution is -0.660. The molecular formula is C35H35N2O+. The molecule has 2 aromatic heterocycles. The van der Waals surface area contributed by atoms with E-state index in [1.54, 1.807) is 0 Å². The molecule has 38 heavy (non-hydrogen) atoms. The van der Waals surface area contributed by atoms with E-state index in [1.165, 1.54) is 16.7 Å². The van der Waals surface area contributed by atoms with Crippen LogP contribution in [0.1, 0.15) is 62.4 Å². The van der Waals surface area contributed by atoms with E-state index in [4.69, 9.17) is 4.42 Å². The van der Waals surface area contributed by atoms with Gasteiger partial charge in [0.25, 0.3) is 0 Å². The van der Waals surface area contributed by atoms with Crippen LogP contribution < -0.4 is 4.57 Å². The van der Waals surface area contributed by atoms with Gasteiger partial charge in [-0.15, -0.1) is 0 Å². The Kier molecular flexibility index (Phi) is 5.34. The van der Waals surface area contributed by atoms with Crippen molar-refractivity contribution < 1.29 is 8.98 Å². The number of nitriles is 1. The average molecular weight is 500 g/mol. The van der Waals surface area contributed by atoms with Crippen LogP contribution in [0, 0.1) is 23.7 Å². The van der Waals surface area contributed by atoms with Crippen LogP contribution in [0.15, 0.2) is 65.2 Å². The predicted octanol–water partition coefficient (Wildman–Crippen LogP) is 8.35. The summed E-state index contributed by atoms with van der Waals surface area (Å²) < 4.78 is 8.96. The minimum absolute atomic E-state index is 0.00142. The lowest BCUT2D eigenvalue weighted by Gasteiger charge is -2.25. The molecule has 2 heterocycles. The lowest BCUT2D eigenvalue weighted by Crippen LogP contribution is -2.30. The Labute approximate surface area is 225 Å². The van der Waals surface area contributed by atoms with E-state index in [0.717, 1.165) is 62.7 Å². The molecule has 1 aliphatic rings. The Hall–Kier alpha value is -3.90. The van der Waals surface area contributed by atoms with Gasteiger partial charge in [-0.05, 0) is 76.6 Å². The highest BCUT2D eigenvalue weighted by Crippen LogP contribution is 2.46. The molecule has 3 nitrogen and oxygen atoms in total. The number of fused-ring (bicyclic) bond motifs is 4. The minimum Gasteiger partial charge on any atom is -0.454 e. The second-order valence-electron chi connectivity index (χ2n) is 12.8. The molecule has 0 saturated carbocycles. The van der Waals surface area contributed by atoms with E-state index < -0.39 is 0 Å². The zero-order chi connectivity index (χ0) is 27.0. The number of aromatic nitrogens is 1. The Bertz CT molecular complexity index is 1800. The van der Waals surface area contributed by atoms with Crippen LogP contribution in [0.2, 0.25) is 0 Å². The van der Waals surface area contributed by atoms with Gasteiger partial charge in [0.1, 0.15) is 18.2 Å². The van der Waals surface area contributed by atoms with E-state index in [2.05, 4.69) is 108 Å². The SMILES string of the molecule is Cc1ccc2c(oc3c(-c4cc5c(c(C(C)(C)C)c4)CC(C)(C)C5)c(C#N)ccc32)c1-c1cccc[n+]1C. The van der Waals surface area contributed by atoms with Gasteiger partial charge in [0.05, 0.1) is 17.2 Å². The van der Waals surface area contributed by atoms with Crippen LogP contribution in [-0.4, -0.2) is 0 Å². The van der Waals surface area contributed by atoms with Gasteiger partial charge in [0.15, 0.2) is 6.20 Å². The third-order valence-electron chi connectivity index (χ3n) is 8.21. The second-order valence-corrected chi connectivity index (χ2v) is 12.8. The normalized spacial score (nSPS) is 14.7. The first kappa shape index (κ1) is 24.4. The Morgan fingerprint density at radius 3 is 2.32 bits per heavy atom. The van der Waals surface area contributed by atoms with Gasteiger partial charge in [0.2, 0.25) is 5.69 Å². The van der Waals surface area contributed by atoms with Crippen molar-refractivity contribution in [2.45, 2.75) is 59.8 Å². The van der Waals surface area contributed by atoms with Gasteiger partial charge in [0, 0.05) is 28.5 Å². The van der Waals surface area contributed by atoms with E-state index in [9.17, 15) is 5.26 Å². The van der Waals surface area contributed by atoms with Crippen molar-refractivity contribution >= 4 is 21.9 Å². The summed E-state index contributed by atoms with van der Waals surface area (Å²) in [5, 5.41) is 12.4. The summed E-state index contributed by atoms with van der Waals surface area (Å²) in [4.78, 5) is 0. The summed E-state index contributed by atoms with van der Waals surface area (Å²) in [5.74, 6) is 0. The summed E-state index contributed by atoms with van der Waals surface area (Å²) in [6.07, 6.45) is 4.20. The van der Waals surface area contributed by atoms with Crippen molar-refractivity contribution in [3.05, 3.63) is 88.6 Å². The number of pyridine rings is 1. The average Bonchev–Trinajstić information content (AvgIpc) is 3.38. The standard InChI is InChI=1S/C35H35N2O/c1-21-11-13-25-26-14-12-22(20-36)31(33(26)38-32(25)30(21)29-10-8-9-15-37(29)7)23-16-24-18-35(5,6)19-27(24)28(17-23)34(2,3)4/h8-17H,18-19H2,1-7H3/q+1. The molecule has 0 fully saturated rings. The first-order chi connectivity index (χ1) is 18.0. The third kappa shape index (κ3) is 3.74. The molecule has 0 radical (unpaired) electrons. The fourth-order valence-corrected chi connectivity index (χ4v) is 6.45. The van der Waals surface area contributed by atoms with Crippen LogP contribution in [0.25, 0.3) is 44.3 Å². The van der Waals surface area contributed by atoms with E-state index in [1.807, 2.05) is 12.1 Å². The molecule has 0 N–H and O–H groups in total. The first-order valence-corrected chi connectivity index (χ1v) is 13.5. The molecule has 3 aromatic carbocycles. The third-order valence-corrected chi connectivity index (χ3v) is 8.21. The molecule has 0 spiro atoms. The quantitative estimate of drug-likeness (QED) is 0.229. The number of hydrogen-bond acceptors (Lipinski definition) is 2. The van der Waals surface area contributed by atoms with E-state index in [-0.39, 0.29) is 10.8 Å². The molecule has 1 aliphatic carbocycles. The van der Waals surface area contributed by atoms with Crippen molar-refractivity contribution in [1.29, 1.82) is 5.26 Å². The predicted molar refractivity (Wildman–Crippen MR) is 155 cm³/mol. The molecule has 3 heteroatoms. The maximum atomic E-state index is 10.2. The maximum absolute atomic E-state index is 10.2. The lowest BCUT2D eigenvalue weighted by atomic mass is 9.80. The molecule has 0 atom stereocenters. The number of aryl methyl sites for hydroxylation is 2. The summed E-state index contributed by atoms with van der Waals surface area (Å²) in [6.45, 7) is 13.7. The highest BCUT2D eigenvalue weighted by molar-refractivity contribution is 6.14. The number of benzene rings is 3. The summed E-state index contributed by atoms with van der Waals surface area (Å²) >= 11 is 0. The summed E-state index contributed by atoms with van der Waals surface area (Å²) in [5.41, 5.74) is 12.2. The van der Waals surface area contributed by atoms with Gasteiger partial charge in [-0.25, -0.2) is 4.57 Å². The molecule has 6 rings (SSSR count). The Balaban J connectivity index is 1.70. The fraction of sp³-hybridized carbons (Fsp3) is 0.314. The molecule has 0 unspecified atom stereocenters. The van der Waals surface area contributed by atoms with Crippen LogP contribution in [0.3, 0.4) is 0 Å². The Morgan fingerprint density at radius 1 is 0.921 bits per heavy atom. The van der Waals surface area contributed by atoms with Crippen molar-refractivity contribution in [2.24, 2.45) is 12.5 Å². The highest BCUT2D eigenvalue weighted by atomic mass is 16.3. The van der Waals surface area contributed by atoms with Gasteiger partial charge in [-0.2, -0.15) is 5.26 Å². The van der Waals surface area contributed by atoms with Crippen LogP contribution >= 0.6 is 0 Å². The van der Waals surface area contributed by atoms with E-state index in [0.29, 0.717) is 5.56 Å². The van der Waals surface area contributed by atoms with Gasteiger partial charge in [-0.1, -0.05) is 58.9 Å². The molecule has 190 valence electrons. The zero-order valence-electron chi connectivity index (χ0n) is 23.5. The molecular weight excluding hydrogens is 464 g/mol. The van der Waals surface area contributed by atoms with Crippen LogP contribution in [0.5, 0.6) is 0 Å². The fourth-order valence-electron chi connectivity index (χ4n) is 6.45. The molecule has 0 saturated heterocycles. The number of furan rings is 1. The number of nitrogens with zero attached hydrogens (tertiary/aromatic N) is 2. The highest BCUT2D eigenvalue weighted by Gasteiger charge is 2.34. The summed E-state index contributed by atoms with van der Waals surface area (Å²) in [7, 11) is 2.07. The zero-order valence-corrected chi connectivity index (χ0v) is 23.5. The summed E-state index contributed by atoms with van der Waals surface area (Å²) in [6, 6.07) is 21.7. The molecule has 0 amide bonds. The monoisotopic (exact) mass is 499 g/mol. The van der Waals surface area contributed by atoms with Gasteiger partial charge < -0.3 is 4.42 Å². The molecule has 0 aliphatic heterocycles. The van der Waals surface area contributed by atoms with Crippen molar-refractivity contribution in [1.82, 2.24) is 0 Å². The van der Waals surface area contributed by atoms with E-state index >= 15 is 0 Å². The molecule has 5 aromatic rings. The smallest absolute Gasteiger partial charge is 0.216 e. The van der Waals surface area contributed by atoms with Crippen LogP contribution in [-0.2, 0) is 25.3 Å². The maximum Gasteiger partial charge on any atom is 0.216 e. The number of hydrogen-bond donors (Lipinski definition) is 0. The number of rotatable bonds is 2. The minimum atomic E-state index is 0.00142. The first-order valence-electron chi connectivity index (χ1n) is 13.5. The van der Waals surface area contributed by atoms with Crippen molar-refractivity contribution in [2.75, 3.05) is 0 Å². The topological polar surface area (TPSA) is 40.8 Å². The van der Waals surface area contributed by atoms with Crippen molar-refractivity contribution in [3.63, 3.8) is 0 Å². The largest absolute Gasteiger partial charge is 0.454 e. The van der Waals surface area contributed by atoms with Gasteiger partial charge >= 0.3 is 0 Å². The molecule has 0 bridgehead atoms. The second kappa shape index (κ2) is 8.30. The Morgan fingerprint density at radius 2 is 1.63 bits per heavy atom. The van der Waals surface area contributed by atoms with Gasteiger partial charge in [-0.3, -0.25) is 0 Å². The van der Waals surface area contributed by atoms with Crippen LogP contribution in [0.4, 0.5) is 0 Å². The van der Waals surface area contributed by atoms with Crippen molar-refractivity contribution in [3.8, 4) is 28.5 Å².